The number of nitrogens with zero attached hydrogens (tertiary/aromatic N) is 2. The van der Waals surface area contributed by atoms with E-state index in [4.69, 9.17) is 23.2 Å². The Morgan fingerprint density at radius 1 is 1.07 bits per heavy atom. The quantitative estimate of drug-likeness (QED) is 0.624. The molecule has 1 saturated heterocycles. The Kier molecular flexibility index (Phi) is 4.01. The number of rotatable bonds is 1. The first-order valence-electron chi connectivity index (χ1n) is 4.35. The molecule has 0 atom stereocenters. The van der Waals surface area contributed by atoms with E-state index in [1.54, 1.807) is 9.80 Å². The van der Waals surface area contributed by atoms with Gasteiger partial charge in [-0.3, -0.25) is 9.59 Å². The average molecular weight is 239 g/mol. The fraction of sp³-hybridized carbons (Fsp3) is 0.750. The summed E-state index contributed by atoms with van der Waals surface area (Å²) in [6, 6.07) is 0. The van der Waals surface area contributed by atoms with Crippen molar-refractivity contribution in [3.8, 4) is 0 Å². The highest BCUT2D eigenvalue weighted by atomic mass is 35.5. The van der Waals surface area contributed by atoms with Crippen molar-refractivity contribution >= 4 is 35.0 Å². The lowest BCUT2D eigenvalue weighted by molar-refractivity contribution is -0.137. The number of carbonyl (C=O) groups excluding carboxylic acids is 2. The van der Waals surface area contributed by atoms with Crippen LogP contribution < -0.4 is 0 Å². The average Bonchev–Trinajstić information content (AvgIpc) is 2.16. The molecule has 80 valence electrons. The van der Waals surface area contributed by atoms with Crippen LogP contribution in [0.2, 0.25) is 0 Å². The molecule has 1 aliphatic heterocycles. The maximum Gasteiger partial charge on any atom is 0.255 e. The van der Waals surface area contributed by atoms with Crippen LogP contribution in [0.15, 0.2) is 0 Å². The second-order valence-electron chi connectivity index (χ2n) is 3.13. The zero-order valence-corrected chi connectivity index (χ0v) is 9.38. The van der Waals surface area contributed by atoms with E-state index >= 15 is 0 Å². The molecular formula is C8H12Cl2N2O2. The number of amides is 2. The predicted molar refractivity (Wildman–Crippen MR) is 54.3 cm³/mol. The Labute approximate surface area is 92.7 Å². The second-order valence-corrected chi connectivity index (χ2v) is 4.23. The van der Waals surface area contributed by atoms with Crippen molar-refractivity contribution in [3.05, 3.63) is 0 Å². The van der Waals surface area contributed by atoms with Crippen LogP contribution in [0.1, 0.15) is 6.92 Å². The van der Waals surface area contributed by atoms with Gasteiger partial charge in [-0.1, -0.05) is 23.2 Å². The van der Waals surface area contributed by atoms with Crippen LogP contribution in [0, 0.1) is 0 Å². The molecule has 1 aliphatic rings. The van der Waals surface area contributed by atoms with Gasteiger partial charge < -0.3 is 9.80 Å². The lowest BCUT2D eigenvalue weighted by atomic mass is 10.3. The van der Waals surface area contributed by atoms with Crippen molar-refractivity contribution in [2.45, 2.75) is 11.8 Å². The minimum atomic E-state index is -1.00. The minimum Gasteiger partial charge on any atom is -0.339 e. The first-order chi connectivity index (χ1) is 6.52. The highest BCUT2D eigenvalue weighted by Crippen LogP contribution is 2.10. The normalized spacial score (nSPS) is 17.4. The Morgan fingerprint density at radius 3 is 1.86 bits per heavy atom. The molecule has 1 heterocycles. The topological polar surface area (TPSA) is 40.6 Å². The van der Waals surface area contributed by atoms with E-state index in [9.17, 15) is 9.59 Å². The molecule has 0 aromatic heterocycles. The summed E-state index contributed by atoms with van der Waals surface area (Å²) >= 11 is 10.9. The first kappa shape index (κ1) is 11.6. The van der Waals surface area contributed by atoms with Crippen LogP contribution in [0.5, 0.6) is 0 Å². The SMILES string of the molecule is CC(=O)N1CCN(C(=O)C(Cl)Cl)CC1. The molecule has 0 saturated carbocycles. The molecule has 6 heteroatoms. The lowest BCUT2D eigenvalue weighted by Gasteiger charge is -2.34. The number of hydrogen-bond donors (Lipinski definition) is 0. The van der Waals surface area contributed by atoms with Gasteiger partial charge in [0.25, 0.3) is 5.91 Å². The Morgan fingerprint density at radius 2 is 1.50 bits per heavy atom. The van der Waals surface area contributed by atoms with Crippen molar-refractivity contribution in [2.24, 2.45) is 0 Å². The van der Waals surface area contributed by atoms with Crippen molar-refractivity contribution in [1.82, 2.24) is 9.80 Å². The number of halogens is 2. The van der Waals surface area contributed by atoms with Crippen molar-refractivity contribution in [3.63, 3.8) is 0 Å². The summed E-state index contributed by atoms with van der Waals surface area (Å²) in [5.74, 6) is -0.248. The zero-order chi connectivity index (χ0) is 10.7. The van der Waals surface area contributed by atoms with Gasteiger partial charge in [-0.15, -0.1) is 0 Å². The molecule has 1 rings (SSSR count). The summed E-state index contributed by atoms with van der Waals surface area (Å²) < 4.78 is 0. The molecule has 0 spiro atoms. The van der Waals surface area contributed by atoms with Crippen LogP contribution >= 0.6 is 23.2 Å². The van der Waals surface area contributed by atoms with E-state index in [1.807, 2.05) is 0 Å². The highest BCUT2D eigenvalue weighted by Gasteiger charge is 2.25. The Bertz CT molecular complexity index is 237. The molecule has 0 aromatic rings. The predicted octanol–water partition coefficient (Wildman–Crippen LogP) is 0.481. The van der Waals surface area contributed by atoms with Gasteiger partial charge in [0.2, 0.25) is 5.91 Å². The molecule has 0 bridgehead atoms. The Balaban J connectivity index is 2.43. The summed E-state index contributed by atoms with van der Waals surface area (Å²) in [5.41, 5.74) is 0. The third-order valence-corrected chi connectivity index (χ3v) is 2.60. The van der Waals surface area contributed by atoms with Crippen LogP contribution in [0.4, 0.5) is 0 Å². The third-order valence-electron chi connectivity index (χ3n) is 2.22. The molecular weight excluding hydrogens is 227 g/mol. The van der Waals surface area contributed by atoms with Crippen molar-refractivity contribution < 1.29 is 9.59 Å². The minimum absolute atomic E-state index is 0.0328. The third kappa shape index (κ3) is 2.75. The molecule has 0 unspecified atom stereocenters. The van der Waals surface area contributed by atoms with Gasteiger partial charge >= 0.3 is 0 Å². The van der Waals surface area contributed by atoms with Crippen molar-refractivity contribution in [2.75, 3.05) is 26.2 Å². The van der Waals surface area contributed by atoms with E-state index < -0.39 is 4.84 Å². The number of hydrogen-bond acceptors (Lipinski definition) is 2. The summed E-state index contributed by atoms with van der Waals surface area (Å²) in [6.45, 7) is 3.65. The van der Waals surface area contributed by atoms with Gasteiger partial charge in [-0.25, -0.2) is 0 Å². The molecule has 0 N–H and O–H groups in total. The zero-order valence-electron chi connectivity index (χ0n) is 7.87. The lowest BCUT2D eigenvalue weighted by Crippen LogP contribution is -2.51. The monoisotopic (exact) mass is 238 g/mol. The maximum atomic E-state index is 11.3. The van der Waals surface area contributed by atoms with Crippen LogP contribution in [0.25, 0.3) is 0 Å². The van der Waals surface area contributed by atoms with E-state index in [2.05, 4.69) is 0 Å². The summed E-state index contributed by atoms with van der Waals surface area (Å²) in [7, 11) is 0. The van der Waals surface area contributed by atoms with Gasteiger partial charge in [-0.05, 0) is 0 Å². The first-order valence-corrected chi connectivity index (χ1v) is 5.22. The standard InChI is InChI=1S/C8H12Cl2N2O2/c1-6(13)11-2-4-12(5-3-11)8(14)7(9)10/h7H,2-5H2,1H3. The smallest absolute Gasteiger partial charge is 0.255 e. The van der Waals surface area contributed by atoms with Gasteiger partial charge in [0.15, 0.2) is 4.84 Å². The highest BCUT2D eigenvalue weighted by molar-refractivity contribution is 6.53. The molecule has 4 nitrogen and oxygen atoms in total. The van der Waals surface area contributed by atoms with Crippen LogP contribution in [-0.2, 0) is 9.59 Å². The number of alkyl halides is 2. The van der Waals surface area contributed by atoms with E-state index in [1.165, 1.54) is 6.92 Å². The molecule has 0 aromatic carbocycles. The number of piperazine rings is 1. The molecule has 14 heavy (non-hydrogen) atoms. The number of carbonyl (C=O) groups is 2. The summed E-state index contributed by atoms with van der Waals surface area (Å²) in [4.78, 5) is 24.6. The van der Waals surface area contributed by atoms with Gasteiger partial charge in [-0.2, -0.15) is 0 Å². The van der Waals surface area contributed by atoms with E-state index in [-0.39, 0.29) is 11.8 Å². The molecule has 0 radical (unpaired) electrons. The van der Waals surface area contributed by atoms with Crippen LogP contribution in [-0.4, -0.2) is 52.6 Å². The summed E-state index contributed by atoms with van der Waals surface area (Å²) in [5, 5.41) is 0. The van der Waals surface area contributed by atoms with E-state index in [0.717, 1.165) is 0 Å². The fourth-order valence-corrected chi connectivity index (χ4v) is 1.66. The van der Waals surface area contributed by atoms with Gasteiger partial charge in [0.05, 0.1) is 0 Å². The van der Waals surface area contributed by atoms with Crippen molar-refractivity contribution in [1.29, 1.82) is 0 Å². The fourth-order valence-electron chi connectivity index (χ4n) is 1.38. The molecule has 0 aliphatic carbocycles. The maximum absolute atomic E-state index is 11.3. The summed E-state index contributed by atoms with van der Waals surface area (Å²) in [6.07, 6.45) is 0. The largest absolute Gasteiger partial charge is 0.339 e. The van der Waals surface area contributed by atoms with Gasteiger partial charge in [0.1, 0.15) is 0 Å². The van der Waals surface area contributed by atoms with E-state index in [0.29, 0.717) is 26.2 Å². The van der Waals surface area contributed by atoms with Crippen LogP contribution in [0.3, 0.4) is 0 Å². The molecule has 1 fully saturated rings. The van der Waals surface area contributed by atoms with Gasteiger partial charge in [0, 0.05) is 33.1 Å². The molecule has 2 amide bonds. The Hall–Kier alpha value is -0.480. The second kappa shape index (κ2) is 4.84.